The first-order chi connectivity index (χ1) is 24.8. The molecule has 0 spiro atoms. The van der Waals surface area contributed by atoms with Crippen molar-refractivity contribution in [3.05, 3.63) is 164 Å². The third-order valence-electron chi connectivity index (χ3n) is 9.37. The van der Waals surface area contributed by atoms with Gasteiger partial charge >= 0.3 is 0 Å². The Labute approximate surface area is 292 Å². The maximum Gasteiger partial charge on any atom is 0.164 e. The minimum atomic E-state index is 0.599. The lowest BCUT2D eigenvalue weighted by atomic mass is 9.91. The largest absolute Gasteiger partial charge is 0.456 e. The second-order valence-electron chi connectivity index (χ2n) is 12.4. The van der Waals surface area contributed by atoms with E-state index in [1.54, 1.807) is 0 Å². The zero-order chi connectivity index (χ0) is 33.0. The Morgan fingerprint density at radius 2 is 0.940 bits per heavy atom. The van der Waals surface area contributed by atoms with Crippen molar-refractivity contribution in [3.8, 4) is 56.4 Å². The molecule has 0 N–H and O–H groups in total. The van der Waals surface area contributed by atoms with E-state index in [9.17, 15) is 0 Å². The summed E-state index contributed by atoms with van der Waals surface area (Å²) in [4.78, 5) is 14.8. The summed E-state index contributed by atoms with van der Waals surface area (Å²) in [7, 11) is 0. The lowest BCUT2D eigenvalue weighted by molar-refractivity contribution is 0.669. The average molecular weight is 658 g/mol. The minimum Gasteiger partial charge on any atom is -0.456 e. The predicted octanol–water partition coefficient (Wildman–Crippen LogP) is 12.5. The van der Waals surface area contributed by atoms with E-state index in [2.05, 4.69) is 103 Å². The molecule has 0 fully saturated rings. The first-order valence-electron chi connectivity index (χ1n) is 16.6. The molecule has 10 aromatic rings. The van der Waals surface area contributed by atoms with Gasteiger partial charge in [-0.1, -0.05) is 140 Å². The molecular weight excluding hydrogens is 631 g/mol. The Kier molecular flexibility index (Phi) is 6.64. The second kappa shape index (κ2) is 11.6. The molecule has 5 heteroatoms. The van der Waals surface area contributed by atoms with E-state index in [4.69, 9.17) is 19.4 Å². The van der Waals surface area contributed by atoms with Crippen molar-refractivity contribution < 1.29 is 4.42 Å². The zero-order valence-electron chi connectivity index (χ0n) is 26.7. The lowest BCUT2D eigenvalue weighted by Gasteiger charge is -2.12. The van der Waals surface area contributed by atoms with Crippen LogP contribution in [0.5, 0.6) is 0 Å². The maximum atomic E-state index is 6.59. The molecule has 7 aromatic carbocycles. The van der Waals surface area contributed by atoms with Crippen LogP contribution in [0, 0.1) is 0 Å². The van der Waals surface area contributed by atoms with Gasteiger partial charge in [0, 0.05) is 53.2 Å². The van der Waals surface area contributed by atoms with E-state index in [-0.39, 0.29) is 0 Å². The Morgan fingerprint density at radius 3 is 1.68 bits per heavy atom. The molecule has 0 aliphatic carbocycles. The van der Waals surface area contributed by atoms with E-state index in [0.29, 0.717) is 17.5 Å². The van der Waals surface area contributed by atoms with E-state index in [1.165, 1.54) is 36.9 Å². The van der Waals surface area contributed by atoms with Crippen molar-refractivity contribution in [1.82, 2.24) is 15.0 Å². The quantitative estimate of drug-likeness (QED) is 0.185. The van der Waals surface area contributed by atoms with E-state index >= 15 is 0 Å². The molecule has 0 saturated carbocycles. The van der Waals surface area contributed by atoms with Crippen LogP contribution in [-0.2, 0) is 0 Å². The van der Waals surface area contributed by atoms with Gasteiger partial charge in [0.1, 0.15) is 11.2 Å². The standard InChI is InChI=1S/C45H27N3OS/c1-3-13-28(14-4-1)43-46-44(29-15-5-2-6-16-29)48-45(47-43)30-25-26-37-39(27-30)49-38-23-12-20-34(41(37)38)31-17-7-8-18-32(31)35-21-11-22-36-33-19-9-10-24-40(33)50-42(35)36/h1-27H. The monoisotopic (exact) mass is 657 g/mol. The average Bonchev–Trinajstić information content (AvgIpc) is 3.77. The fraction of sp³-hybridized carbons (Fsp3) is 0. The van der Waals surface area contributed by atoms with E-state index in [1.807, 2.05) is 72.0 Å². The molecule has 3 aromatic heterocycles. The van der Waals surface area contributed by atoms with Crippen LogP contribution in [0.3, 0.4) is 0 Å². The third-order valence-corrected chi connectivity index (χ3v) is 10.6. The van der Waals surface area contributed by atoms with Crippen molar-refractivity contribution in [2.45, 2.75) is 0 Å². The van der Waals surface area contributed by atoms with Gasteiger partial charge in [0.15, 0.2) is 17.5 Å². The summed E-state index contributed by atoms with van der Waals surface area (Å²) >= 11 is 1.86. The summed E-state index contributed by atoms with van der Waals surface area (Å²) < 4.78 is 9.20. The smallest absolute Gasteiger partial charge is 0.164 e. The van der Waals surface area contributed by atoms with E-state index in [0.717, 1.165) is 44.2 Å². The zero-order valence-corrected chi connectivity index (χ0v) is 27.6. The fourth-order valence-electron chi connectivity index (χ4n) is 7.04. The molecule has 3 heterocycles. The first kappa shape index (κ1) is 28.6. The Hall–Kier alpha value is -6.43. The van der Waals surface area contributed by atoms with Gasteiger partial charge in [0.2, 0.25) is 0 Å². The van der Waals surface area contributed by atoms with Crippen LogP contribution in [0.2, 0.25) is 0 Å². The maximum absolute atomic E-state index is 6.59. The van der Waals surface area contributed by atoms with Gasteiger partial charge < -0.3 is 4.42 Å². The Bertz CT molecular complexity index is 2820. The first-order valence-corrected chi connectivity index (χ1v) is 17.4. The number of aromatic nitrogens is 3. The second-order valence-corrected chi connectivity index (χ2v) is 13.4. The highest BCUT2D eigenvalue weighted by Gasteiger charge is 2.19. The highest BCUT2D eigenvalue weighted by molar-refractivity contribution is 7.26. The Morgan fingerprint density at radius 1 is 0.380 bits per heavy atom. The molecule has 4 nitrogen and oxygen atoms in total. The molecule has 234 valence electrons. The molecule has 0 bridgehead atoms. The van der Waals surface area contributed by atoms with Gasteiger partial charge in [-0.05, 0) is 41.0 Å². The lowest BCUT2D eigenvalue weighted by Crippen LogP contribution is -2.00. The van der Waals surface area contributed by atoms with Crippen molar-refractivity contribution in [1.29, 1.82) is 0 Å². The fourth-order valence-corrected chi connectivity index (χ4v) is 8.27. The van der Waals surface area contributed by atoms with Crippen LogP contribution >= 0.6 is 11.3 Å². The Balaban J connectivity index is 1.14. The highest BCUT2D eigenvalue weighted by Crippen LogP contribution is 2.45. The van der Waals surface area contributed by atoms with Crippen LogP contribution in [0.1, 0.15) is 0 Å². The molecule has 0 aliphatic heterocycles. The van der Waals surface area contributed by atoms with Crippen molar-refractivity contribution in [2.24, 2.45) is 0 Å². The SMILES string of the molecule is c1ccc(-c2nc(-c3ccccc3)nc(-c3ccc4c(c3)oc3cccc(-c5ccccc5-c5cccc6c5sc5ccccc56)c34)n2)cc1. The third kappa shape index (κ3) is 4.71. The summed E-state index contributed by atoms with van der Waals surface area (Å²) in [5.41, 5.74) is 9.13. The topological polar surface area (TPSA) is 51.8 Å². The number of hydrogen-bond donors (Lipinski definition) is 0. The van der Waals surface area contributed by atoms with Gasteiger partial charge in [-0.2, -0.15) is 0 Å². The van der Waals surface area contributed by atoms with E-state index < -0.39 is 0 Å². The van der Waals surface area contributed by atoms with Crippen LogP contribution in [0.15, 0.2) is 168 Å². The molecule has 0 amide bonds. The number of thiophene rings is 1. The summed E-state index contributed by atoms with van der Waals surface area (Å²) in [6.07, 6.45) is 0. The van der Waals surface area contributed by atoms with Crippen molar-refractivity contribution >= 4 is 53.4 Å². The predicted molar refractivity (Wildman–Crippen MR) is 207 cm³/mol. The van der Waals surface area contributed by atoms with Crippen molar-refractivity contribution in [3.63, 3.8) is 0 Å². The number of fused-ring (bicyclic) bond motifs is 6. The van der Waals surface area contributed by atoms with Crippen LogP contribution in [0.25, 0.3) is 98.5 Å². The summed E-state index contributed by atoms with van der Waals surface area (Å²) in [5.74, 6) is 1.86. The number of benzene rings is 7. The summed E-state index contributed by atoms with van der Waals surface area (Å²) in [6, 6.07) is 56.8. The van der Waals surface area contributed by atoms with Crippen LogP contribution < -0.4 is 0 Å². The normalized spacial score (nSPS) is 11.6. The molecular formula is C45H27N3OS. The number of hydrogen-bond acceptors (Lipinski definition) is 5. The molecule has 50 heavy (non-hydrogen) atoms. The van der Waals surface area contributed by atoms with Crippen LogP contribution in [0.4, 0.5) is 0 Å². The van der Waals surface area contributed by atoms with Gasteiger partial charge in [0.05, 0.1) is 0 Å². The van der Waals surface area contributed by atoms with Crippen molar-refractivity contribution in [2.75, 3.05) is 0 Å². The van der Waals surface area contributed by atoms with Crippen LogP contribution in [-0.4, -0.2) is 15.0 Å². The van der Waals surface area contributed by atoms with Gasteiger partial charge in [-0.15, -0.1) is 11.3 Å². The molecule has 0 unspecified atom stereocenters. The number of nitrogens with zero attached hydrogens (tertiary/aromatic N) is 3. The molecule has 0 aliphatic rings. The highest BCUT2D eigenvalue weighted by atomic mass is 32.1. The molecule has 0 saturated heterocycles. The molecule has 0 atom stereocenters. The summed E-state index contributed by atoms with van der Waals surface area (Å²) in [6.45, 7) is 0. The minimum absolute atomic E-state index is 0.599. The summed E-state index contributed by atoms with van der Waals surface area (Å²) in [5, 5.41) is 4.74. The molecule has 10 rings (SSSR count). The van der Waals surface area contributed by atoms with Gasteiger partial charge in [-0.3, -0.25) is 0 Å². The van der Waals surface area contributed by atoms with Gasteiger partial charge in [0.25, 0.3) is 0 Å². The number of furan rings is 1. The van der Waals surface area contributed by atoms with Gasteiger partial charge in [-0.25, -0.2) is 15.0 Å². The number of rotatable bonds is 5. The molecule has 0 radical (unpaired) electrons.